The molecule has 0 aliphatic heterocycles. The van der Waals surface area contributed by atoms with Gasteiger partial charge in [0, 0.05) is 24.2 Å². The number of nitrogens with one attached hydrogen (secondary N) is 2. The number of carboxylic acid groups (broad SMARTS) is 1. The first-order valence-electron chi connectivity index (χ1n) is 9.72. The van der Waals surface area contributed by atoms with Gasteiger partial charge in [0.1, 0.15) is 17.0 Å². The number of imidazole rings is 1. The maximum absolute atomic E-state index is 14.2. The summed E-state index contributed by atoms with van der Waals surface area (Å²) in [7, 11) is 0. The third kappa shape index (κ3) is 4.86. The van der Waals surface area contributed by atoms with Gasteiger partial charge in [-0.3, -0.25) is 9.36 Å². The van der Waals surface area contributed by atoms with E-state index in [9.17, 15) is 23.1 Å². The minimum absolute atomic E-state index is 0.0282. The first kappa shape index (κ1) is 22.3. The molecule has 2 aromatic heterocycles. The SMILES string of the molecule is CC(C)Nc1ncc2nc(Nc3c(F)cc(F)cc3F)n([C@H](C)CC(C)C(=O)O)c2n1. The predicted octanol–water partition coefficient (Wildman–Crippen LogP) is 4.48. The van der Waals surface area contributed by atoms with Gasteiger partial charge in [-0.05, 0) is 27.2 Å². The molecule has 0 fully saturated rings. The van der Waals surface area contributed by atoms with Crippen molar-refractivity contribution in [3.8, 4) is 0 Å². The van der Waals surface area contributed by atoms with Crippen molar-refractivity contribution in [2.45, 2.75) is 46.2 Å². The van der Waals surface area contributed by atoms with E-state index in [4.69, 9.17) is 0 Å². The third-order valence-corrected chi connectivity index (χ3v) is 4.65. The van der Waals surface area contributed by atoms with Crippen molar-refractivity contribution >= 4 is 34.7 Å². The van der Waals surface area contributed by atoms with Gasteiger partial charge in [0.05, 0.1) is 12.1 Å². The van der Waals surface area contributed by atoms with Gasteiger partial charge in [0.2, 0.25) is 11.9 Å². The Morgan fingerprint density at radius 2 is 1.77 bits per heavy atom. The Bertz CT molecular complexity index is 1090. The van der Waals surface area contributed by atoms with E-state index in [1.807, 2.05) is 13.8 Å². The Hall–Kier alpha value is -3.37. The lowest BCUT2D eigenvalue weighted by atomic mass is 10.0. The van der Waals surface area contributed by atoms with Crippen LogP contribution < -0.4 is 10.6 Å². The van der Waals surface area contributed by atoms with Crippen molar-refractivity contribution in [1.29, 1.82) is 0 Å². The smallest absolute Gasteiger partial charge is 0.306 e. The van der Waals surface area contributed by atoms with Gasteiger partial charge < -0.3 is 15.7 Å². The Balaban J connectivity index is 2.12. The summed E-state index contributed by atoms with van der Waals surface area (Å²) in [6.45, 7) is 7.13. The van der Waals surface area contributed by atoms with Crippen LogP contribution in [0.1, 0.15) is 40.2 Å². The molecule has 0 spiro atoms. The van der Waals surface area contributed by atoms with E-state index in [0.29, 0.717) is 29.2 Å². The number of benzene rings is 1. The molecule has 8 nitrogen and oxygen atoms in total. The molecule has 3 rings (SSSR count). The molecule has 0 saturated heterocycles. The molecule has 1 aromatic carbocycles. The molecular formula is C20H23F3N6O2. The maximum atomic E-state index is 14.2. The molecule has 2 heterocycles. The van der Waals surface area contributed by atoms with E-state index in [0.717, 1.165) is 0 Å². The van der Waals surface area contributed by atoms with Gasteiger partial charge in [-0.1, -0.05) is 6.92 Å². The van der Waals surface area contributed by atoms with Gasteiger partial charge in [-0.15, -0.1) is 0 Å². The zero-order chi connectivity index (χ0) is 22.9. The molecule has 0 aliphatic carbocycles. The number of nitrogens with zero attached hydrogens (tertiary/aromatic N) is 4. The van der Waals surface area contributed by atoms with E-state index < -0.39 is 41.1 Å². The minimum Gasteiger partial charge on any atom is -0.481 e. The largest absolute Gasteiger partial charge is 0.481 e. The molecule has 2 atom stereocenters. The van der Waals surface area contributed by atoms with E-state index in [1.165, 1.54) is 6.20 Å². The van der Waals surface area contributed by atoms with E-state index in [-0.39, 0.29) is 18.4 Å². The normalized spacial score (nSPS) is 13.4. The summed E-state index contributed by atoms with van der Waals surface area (Å²) < 4.78 is 43.3. The van der Waals surface area contributed by atoms with Gasteiger partial charge >= 0.3 is 5.97 Å². The summed E-state index contributed by atoms with van der Waals surface area (Å²) in [5, 5.41) is 14.9. The molecule has 3 N–H and O–H groups in total. The van der Waals surface area contributed by atoms with Crippen molar-refractivity contribution in [2.24, 2.45) is 5.92 Å². The molecule has 31 heavy (non-hydrogen) atoms. The van der Waals surface area contributed by atoms with E-state index in [2.05, 4.69) is 25.6 Å². The van der Waals surface area contributed by atoms with Crippen LogP contribution in [0.3, 0.4) is 0 Å². The second-order valence-corrected chi connectivity index (χ2v) is 7.70. The van der Waals surface area contributed by atoms with Crippen LogP contribution in [0.5, 0.6) is 0 Å². The lowest BCUT2D eigenvalue weighted by Gasteiger charge is -2.20. The Morgan fingerprint density at radius 1 is 1.13 bits per heavy atom. The second-order valence-electron chi connectivity index (χ2n) is 7.70. The average molecular weight is 436 g/mol. The molecule has 3 aromatic rings. The number of aromatic nitrogens is 4. The number of fused-ring (bicyclic) bond motifs is 1. The lowest BCUT2D eigenvalue weighted by Crippen LogP contribution is -2.18. The van der Waals surface area contributed by atoms with Gasteiger partial charge in [0.25, 0.3) is 0 Å². The number of anilines is 3. The van der Waals surface area contributed by atoms with Crippen LogP contribution in [0, 0.1) is 23.4 Å². The molecule has 0 saturated carbocycles. The van der Waals surface area contributed by atoms with Crippen LogP contribution in [0.25, 0.3) is 11.2 Å². The lowest BCUT2D eigenvalue weighted by molar-refractivity contribution is -0.141. The summed E-state index contributed by atoms with van der Waals surface area (Å²) in [4.78, 5) is 24.3. The van der Waals surface area contributed by atoms with Gasteiger partial charge in [-0.2, -0.15) is 4.98 Å². The number of carbonyl (C=O) groups is 1. The van der Waals surface area contributed by atoms with Crippen molar-refractivity contribution in [3.05, 3.63) is 35.8 Å². The number of aliphatic carboxylic acids is 1. The number of carboxylic acids is 1. The molecule has 0 amide bonds. The fourth-order valence-corrected chi connectivity index (χ4v) is 3.22. The molecular weight excluding hydrogens is 413 g/mol. The van der Waals surface area contributed by atoms with Crippen LogP contribution in [0.2, 0.25) is 0 Å². The zero-order valence-corrected chi connectivity index (χ0v) is 17.4. The number of hydrogen-bond donors (Lipinski definition) is 3. The van der Waals surface area contributed by atoms with Gasteiger partial charge in [0.15, 0.2) is 17.3 Å². The van der Waals surface area contributed by atoms with Crippen molar-refractivity contribution in [3.63, 3.8) is 0 Å². The van der Waals surface area contributed by atoms with Crippen LogP contribution in [-0.2, 0) is 4.79 Å². The first-order valence-corrected chi connectivity index (χ1v) is 9.72. The molecule has 11 heteroatoms. The van der Waals surface area contributed by atoms with E-state index >= 15 is 0 Å². The number of hydrogen-bond acceptors (Lipinski definition) is 6. The summed E-state index contributed by atoms with van der Waals surface area (Å²) in [6.07, 6.45) is 1.67. The Kier molecular flexibility index (Phi) is 6.32. The molecule has 0 radical (unpaired) electrons. The average Bonchev–Trinajstić information content (AvgIpc) is 3.01. The van der Waals surface area contributed by atoms with Crippen LogP contribution in [0.4, 0.5) is 30.8 Å². The summed E-state index contributed by atoms with van der Waals surface area (Å²) >= 11 is 0. The van der Waals surface area contributed by atoms with Gasteiger partial charge in [-0.25, -0.2) is 23.1 Å². The highest BCUT2D eigenvalue weighted by atomic mass is 19.1. The highest BCUT2D eigenvalue weighted by Crippen LogP contribution is 2.31. The third-order valence-electron chi connectivity index (χ3n) is 4.65. The predicted molar refractivity (Wildman–Crippen MR) is 110 cm³/mol. The monoisotopic (exact) mass is 436 g/mol. The van der Waals surface area contributed by atoms with E-state index in [1.54, 1.807) is 18.4 Å². The maximum Gasteiger partial charge on any atom is 0.306 e. The first-order chi connectivity index (χ1) is 14.6. The standard InChI is InChI=1S/C20H23F3N6O2/c1-9(2)25-19-24-8-15-17(28-19)29(11(4)5-10(3)18(30)31)20(26-15)27-16-13(22)6-12(21)7-14(16)23/h6-11H,5H2,1-4H3,(H,26,27)(H,30,31)(H,24,25,28)/t10?,11-/m1/s1. The van der Waals surface area contributed by atoms with Crippen LogP contribution in [-0.4, -0.2) is 36.6 Å². The summed E-state index contributed by atoms with van der Waals surface area (Å²) in [5.74, 6) is -4.61. The highest BCUT2D eigenvalue weighted by molar-refractivity contribution is 5.77. The topological polar surface area (TPSA) is 105 Å². The molecule has 0 bridgehead atoms. The van der Waals surface area contributed by atoms with Crippen molar-refractivity contribution in [1.82, 2.24) is 19.5 Å². The molecule has 166 valence electrons. The van der Waals surface area contributed by atoms with Crippen molar-refractivity contribution in [2.75, 3.05) is 10.6 Å². The zero-order valence-electron chi connectivity index (χ0n) is 17.4. The molecule has 1 unspecified atom stereocenters. The number of rotatable bonds is 8. The second kappa shape index (κ2) is 8.78. The molecule has 0 aliphatic rings. The summed E-state index contributed by atoms with van der Waals surface area (Å²) in [5.41, 5.74) is 0.119. The van der Waals surface area contributed by atoms with Crippen LogP contribution in [0.15, 0.2) is 18.3 Å². The Labute approximate surface area is 176 Å². The fraction of sp³-hybridized carbons (Fsp3) is 0.400. The summed E-state index contributed by atoms with van der Waals surface area (Å²) in [6, 6.07) is 0.711. The van der Waals surface area contributed by atoms with Crippen molar-refractivity contribution < 1.29 is 23.1 Å². The highest BCUT2D eigenvalue weighted by Gasteiger charge is 2.24. The Morgan fingerprint density at radius 3 is 2.35 bits per heavy atom. The minimum atomic E-state index is -1.13. The number of halogens is 3. The fourth-order valence-electron chi connectivity index (χ4n) is 3.22. The quantitative estimate of drug-likeness (QED) is 0.478. The van der Waals surface area contributed by atoms with Crippen LogP contribution >= 0.6 is 0 Å².